The number of nitrogens with two attached hydrogens (primary N) is 1. The van der Waals surface area contributed by atoms with Crippen molar-refractivity contribution in [3.05, 3.63) is 142 Å². The second-order valence-electron chi connectivity index (χ2n) is 10.8. The van der Waals surface area contributed by atoms with Crippen molar-refractivity contribution in [1.29, 1.82) is 0 Å². The first-order chi connectivity index (χ1) is 24.1. The number of nitrogens with zero attached hydrogens (tertiary/aromatic N) is 3. The van der Waals surface area contributed by atoms with Gasteiger partial charge >= 0.3 is 0 Å². The predicted molar refractivity (Wildman–Crippen MR) is 198 cm³/mol. The van der Waals surface area contributed by atoms with E-state index in [4.69, 9.17) is 14.3 Å². The van der Waals surface area contributed by atoms with E-state index in [9.17, 15) is 18.0 Å². The summed E-state index contributed by atoms with van der Waals surface area (Å²) in [4.78, 5) is 28.1. The number of hydrogen-bond acceptors (Lipinski definition) is 9. The van der Waals surface area contributed by atoms with Gasteiger partial charge < -0.3 is 14.5 Å². The number of amidine groups is 1. The predicted octanol–water partition coefficient (Wildman–Crippen LogP) is 6.88. The van der Waals surface area contributed by atoms with Crippen molar-refractivity contribution in [3.63, 3.8) is 0 Å². The Balaban J connectivity index is 1.18. The monoisotopic (exact) mass is 769 g/mol. The highest BCUT2D eigenvalue weighted by molar-refractivity contribution is 9.10. The van der Waals surface area contributed by atoms with Crippen LogP contribution in [0.3, 0.4) is 0 Å². The van der Waals surface area contributed by atoms with Crippen molar-refractivity contribution >= 4 is 72.7 Å². The molecule has 1 aromatic heterocycles. The van der Waals surface area contributed by atoms with Gasteiger partial charge in [-0.1, -0.05) is 70.5 Å². The van der Waals surface area contributed by atoms with Gasteiger partial charge in [-0.25, -0.2) is 13.6 Å². The van der Waals surface area contributed by atoms with Crippen molar-refractivity contribution in [2.45, 2.75) is 11.4 Å². The number of rotatable bonds is 11. The first-order valence-electron chi connectivity index (χ1n) is 15.0. The van der Waals surface area contributed by atoms with Crippen LogP contribution in [0.15, 0.2) is 144 Å². The Kier molecular flexibility index (Phi) is 10.7. The normalized spacial score (nSPS) is 14.9. The molecule has 5 aromatic rings. The number of halogens is 1. The number of ether oxygens (including phenoxy) is 1. The molecule has 1 fully saturated rings. The number of benzene rings is 4. The lowest BCUT2D eigenvalue weighted by atomic mass is 10.0. The van der Waals surface area contributed by atoms with Gasteiger partial charge in [0, 0.05) is 15.7 Å². The van der Waals surface area contributed by atoms with E-state index in [0.29, 0.717) is 32.8 Å². The molecule has 6 rings (SSSR count). The summed E-state index contributed by atoms with van der Waals surface area (Å²) >= 11 is 4.62. The van der Waals surface area contributed by atoms with Gasteiger partial charge in [0.05, 0.1) is 28.8 Å². The number of furan rings is 1. The summed E-state index contributed by atoms with van der Waals surface area (Å²) in [6.45, 7) is -0.204. The second kappa shape index (κ2) is 15.5. The standard InChI is InChI=1S/C36H28BrN5O6S2/c37-28-12-17-32(48-23-34(43)40-29-13-15-31(16-14-29)50(38,45)46)27(19-28)20-33-35(44)42(22-30-7-4-18-47-30)36(49-33)41-39-21-24-8-10-26(11-9-24)25-5-2-1-3-6-25/h1-21H,22-23H2,(H,40,43)(H2,38,45,46)/b33-20-,39-21-,41-36+. The van der Waals surface area contributed by atoms with Crippen LogP contribution in [0.25, 0.3) is 17.2 Å². The Hall–Kier alpha value is -5.28. The molecule has 11 nitrogen and oxygen atoms in total. The van der Waals surface area contributed by atoms with Gasteiger partial charge in [0.1, 0.15) is 11.5 Å². The molecule has 2 amide bonds. The van der Waals surface area contributed by atoms with E-state index in [-0.39, 0.29) is 24.0 Å². The summed E-state index contributed by atoms with van der Waals surface area (Å²) in [6, 6.07) is 32.1. The molecule has 252 valence electrons. The molecule has 1 aliphatic rings. The van der Waals surface area contributed by atoms with Crippen LogP contribution in [-0.2, 0) is 26.2 Å². The zero-order valence-electron chi connectivity index (χ0n) is 26.1. The summed E-state index contributed by atoms with van der Waals surface area (Å²) in [5, 5.41) is 16.8. The molecule has 0 saturated carbocycles. The van der Waals surface area contributed by atoms with Crippen LogP contribution < -0.4 is 15.2 Å². The molecule has 0 unspecified atom stereocenters. The summed E-state index contributed by atoms with van der Waals surface area (Å²) in [6.07, 6.45) is 4.83. The number of anilines is 1. The fourth-order valence-corrected chi connectivity index (χ4v) is 6.61. The topological polar surface area (TPSA) is 157 Å². The maximum absolute atomic E-state index is 13.7. The molecular weight excluding hydrogens is 742 g/mol. The minimum absolute atomic E-state index is 0.0739. The summed E-state index contributed by atoms with van der Waals surface area (Å²) in [7, 11) is -3.86. The number of hydrogen-bond donors (Lipinski definition) is 2. The van der Waals surface area contributed by atoms with Crippen LogP contribution in [0.2, 0.25) is 0 Å². The number of amides is 2. The van der Waals surface area contributed by atoms with E-state index in [2.05, 4.69) is 31.4 Å². The van der Waals surface area contributed by atoms with E-state index in [1.165, 1.54) is 35.4 Å². The summed E-state index contributed by atoms with van der Waals surface area (Å²) in [5.74, 6) is 0.144. The fourth-order valence-electron chi connectivity index (χ4n) is 4.79. The number of primary sulfonamides is 1. The Bertz CT molecular complexity index is 2210. The average molecular weight is 771 g/mol. The van der Waals surface area contributed by atoms with Crippen LogP contribution in [0, 0.1) is 0 Å². The number of thioether (sulfide) groups is 1. The first-order valence-corrected chi connectivity index (χ1v) is 18.1. The highest BCUT2D eigenvalue weighted by atomic mass is 79.9. The molecule has 0 radical (unpaired) electrons. The Morgan fingerprint density at radius 2 is 1.70 bits per heavy atom. The minimum Gasteiger partial charge on any atom is -0.483 e. The van der Waals surface area contributed by atoms with E-state index >= 15 is 0 Å². The lowest BCUT2D eigenvalue weighted by Crippen LogP contribution is -2.28. The lowest BCUT2D eigenvalue weighted by Gasteiger charge is -2.13. The molecule has 2 heterocycles. The molecule has 50 heavy (non-hydrogen) atoms. The van der Waals surface area contributed by atoms with Gasteiger partial charge in [0.25, 0.3) is 11.8 Å². The fraction of sp³-hybridized carbons (Fsp3) is 0.0556. The molecule has 3 N–H and O–H groups in total. The Labute approximate surface area is 300 Å². The highest BCUT2D eigenvalue weighted by Gasteiger charge is 2.34. The third kappa shape index (κ3) is 8.84. The van der Waals surface area contributed by atoms with Crippen molar-refractivity contribution < 1.29 is 27.2 Å². The number of sulfonamides is 1. The first kappa shape index (κ1) is 34.6. The Morgan fingerprint density at radius 3 is 2.40 bits per heavy atom. The SMILES string of the molecule is NS(=O)(=O)c1ccc(NC(=O)COc2ccc(Br)cc2/C=C2\S/C(=N/N=C\c3ccc(-c4ccccc4)cc3)N(Cc3ccco3)C2=O)cc1. The molecule has 0 bridgehead atoms. The zero-order valence-corrected chi connectivity index (χ0v) is 29.3. The highest BCUT2D eigenvalue weighted by Crippen LogP contribution is 2.36. The van der Waals surface area contributed by atoms with Crippen molar-refractivity contribution in [1.82, 2.24) is 4.90 Å². The quantitative estimate of drug-likeness (QED) is 0.0843. The molecule has 0 atom stereocenters. The van der Waals surface area contributed by atoms with Crippen LogP contribution >= 0.6 is 27.7 Å². The zero-order chi connectivity index (χ0) is 35.1. The van der Waals surface area contributed by atoms with Crippen LogP contribution in [0.1, 0.15) is 16.9 Å². The minimum atomic E-state index is -3.86. The van der Waals surface area contributed by atoms with Gasteiger partial charge in [-0.05, 0) is 89.1 Å². The van der Waals surface area contributed by atoms with E-state index in [1.807, 2.05) is 54.6 Å². The molecule has 0 spiro atoms. The summed E-state index contributed by atoms with van der Waals surface area (Å²) in [5.41, 5.74) is 3.95. The smallest absolute Gasteiger partial charge is 0.267 e. The number of nitrogens with one attached hydrogen (secondary N) is 1. The largest absolute Gasteiger partial charge is 0.483 e. The Morgan fingerprint density at radius 1 is 0.960 bits per heavy atom. The molecule has 1 saturated heterocycles. The molecule has 0 aliphatic carbocycles. The van der Waals surface area contributed by atoms with E-state index in [0.717, 1.165) is 32.9 Å². The third-order valence-corrected chi connectivity index (χ3v) is 9.65. The van der Waals surface area contributed by atoms with Gasteiger partial charge in [0.2, 0.25) is 10.0 Å². The van der Waals surface area contributed by atoms with Crippen molar-refractivity contribution in [2.75, 3.05) is 11.9 Å². The van der Waals surface area contributed by atoms with Crippen molar-refractivity contribution in [2.24, 2.45) is 15.3 Å². The average Bonchev–Trinajstić information content (AvgIpc) is 3.73. The molecular formula is C36H28BrN5O6S2. The molecule has 4 aromatic carbocycles. The summed E-state index contributed by atoms with van der Waals surface area (Å²) < 4.78 is 35.1. The van der Waals surface area contributed by atoms with Gasteiger partial charge in [-0.2, -0.15) is 5.10 Å². The maximum atomic E-state index is 13.7. The number of carbonyl (C=O) groups excluding carboxylic acids is 2. The second-order valence-corrected chi connectivity index (χ2v) is 14.3. The van der Waals surface area contributed by atoms with E-state index in [1.54, 1.807) is 42.6 Å². The van der Waals surface area contributed by atoms with Gasteiger partial charge in [0.15, 0.2) is 11.8 Å². The van der Waals surface area contributed by atoms with Gasteiger partial charge in [-0.15, -0.1) is 5.10 Å². The number of carbonyl (C=O) groups is 2. The van der Waals surface area contributed by atoms with Crippen molar-refractivity contribution in [3.8, 4) is 16.9 Å². The molecule has 1 aliphatic heterocycles. The van der Waals surface area contributed by atoms with Crippen LogP contribution in [0.5, 0.6) is 5.75 Å². The van der Waals surface area contributed by atoms with Crippen LogP contribution in [-0.4, -0.2) is 43.1 Å². The third-order valence-electron chi connectivity index (χ3n) is 7.23. The molecule has 14 heteroatoms. The van der Waals surface area contributed by atoms with Crippen LogP contribution in [0.4, 0.5) is 5.69 Å². The van der Waals surface area contributed by atoms with Gasteiger partial charge in [-0.3, -0.25) is 14.5 Å². The van der Waals surface area contributed by atoms with E-state index < -0.39 is 15.9 Å². The lowest BCUT2D eigenvalue weighted by molar-refractivity contribution is -0.122. The maximum Gasteiger partial charge on any atom is 0.267 e.